The van der Waals surface area contributed by atoms with Crippen molar-refractivity contribution in [2.75, 3.05) is 14.2 Å². The summed E-state index contributed by atoms with van der Waals surface area (Å²) >= 11 is 3.47. The number of furan rings is 1. The number of benzene rings is 2. The quantitative estimate of drug-likeness (QED) is 0.685. The van der Waals surface area contributed by atoms with Crippen LogP contribution >= 0.6 is 15.9 Å². The van der Waals surface area contributed by atoms with E-state index in [1.54, 1.807) is 14.2 Å². The van der Waals surface area contributed by atoms with Crippen molar-refractivity contribution < 1.29 is 13.9 Å². The lowest BCUT2D eigenvalue weighted by atomic mass is 10.1. The van der Waals surface area contributed by atoms with Crippen LogP contribution in [0.5, 0.6) is 11.5 Å². The van der Waals surface area contributed by atoms with Crippen LogP contribution in [-0.4, -0.2) is 14.2 Å². The largest absolute Gasteiger partial charge is 0.497 e. The molecule has 0 spiro atoms. The molecule has 4 heteroatoms. The standard InChI is InChI=1S/C16H13BrO3/c1-18-13-5-3-10(4-6-13)14-8-11-7-12(17)9-15(19-2)16(11)20-14/h3-9H,1-2H3. The van der Waals surface area contributed by atoms with E-state index in [2.05, 4.69) is 15.9 Å². The topological polar surface area (TPSA) is 31.6 Å². The maximum atomic E-state index is 5.92. The Balaban J connectivity index is 2.12. The number of rotatable bonds is 3. The minimum atomic E-state index is 0.717. The van der Waals surface area contributed by atoms with Gasteiger partial charge in [0, 0.05) is 15.4 Å². The molecule has 1 heterocycles. The molecule has 0 aliphatic carbocycles. The minimum Gasteiger partial charge on any atom is -0.497 e. The Hall–Kier alpha value is -1.94. The molecule has 3 rings (SSSR count). The van der Waals surface area contributed by atoms with Gasteiger partial charge in [-0.1, -0.05) is 15.9 Å². The highest BCUT2D eigenvalue weighted by molar-refractivity contribution is 9.10. The lowest BCUT2D eigenvalue weighted by molar-refractivity contribution is 0.410. The molecule has 3 aromatic rings. The molecule has 0 saturated carbocycles. The predicted octanol–water partition coefficient (Wildman–Crippen LogP) is 4.88. The molecule has 102 valence electrons. The van der Waals surface area contributed by atoms with Gasteiger partial charge < -0.3 is 13.9 Å². The summed E-state index contributed by atoms with van der Waals surface area (Å²) in [5.41, 5.74) is 1.75. The molecule has 0 bridgehead atoms. The zero-order chi connectivity index (χ0) is 14.1. The van der Waals surface area contributed by atoms with Crippen LogP contribution in [0.3, 0.4) is 0 Å². The third-order valence-corrected chi connectivity index (χ3v) is 3.60. The predicted molar refractivity (Wildman–Crippen MR) is 82.5 cm³/mol. The van der Waals surface area contributed by atoms with E-state index in [4.69, 9.17) is 13.9 Å². The Morgan fingerprint density at radius 3 is 2.35 bits per heavy atom. The van der Waals surface area contributed by atoms with Gasteiger partial charge in [0.05, 0.1) is 14.2 Å². The van der Waals surface area contributed by atoms with Crippen molar-refractivity contribution >= 4 is 26.9 Å². The Labute approximate surface area is 125 Å². The van der Waals surface area contributed by atoms with Crippen LogP contribution in [0.2, 0.25) is 0 Å². The van der Waals surface area contributed by atoms with Gasteiger partial charge in [-0.25, -0.2) is 0 Å². The number of fused-ring (bicyclic) bond motifs is 1. The second kappa shape index (κ2) is 5.21. The molecule has 2 aromatic carbocycles. The summed E-state index contributed by atoms with van der Waals surface area (Å²) in [5, 5.41) is 1.00. The minimum absolute atomic E-state index is 0.717. The van der Waals surface area contributed by atoms with E-state index in [-0.39, 0.29) is 0 Å². The smallest absolute Gasteiger partial charge is 0.176 e. The van der Waals surface area contributed by atoms with Crippen LogP contribution in [0, 0.1) is 0 Å². The van der Waals surface area contributed by atoms with Gasteiger partial charge in [0.15, 0.2) is 11.3 Å². The third-order valence-electron chi connectivity index (χ3n) is 3.14. The van der Waals surface area contributed by atoms with Crippen molar-refractivity contribution in [1.82, 2.24) is 0 Å². The molecule has 0 radical (unpaired) electrons. The molecule has 1 aromatic heterocycles. The van der Waals surface area contributed by atoms with E-state index in [0.29, 0.717) is 5.75 Å². The van der Waals surface area contributed by atoms with Crippen LogP contribution < -0.4 is 9.47 Å². The van der Waals surface area contributed by atoms with Gasteiger partial charge in [0.2, 0.25) is 0 Å². The molecule has 3 nitrogen and oxygen atoms in total. The lowest BCUT2D eigenvalue weighted by Crippen LogP contribution is -1.82. The molecule has 0 N–H and O–H groups in total. The van der Waals surface area contributed by atoms with Gasteiger partial charge in [0.1, 0.15) is 11.5 Å². The highest BCUT2D eigenvalue weighted by Gasteiger charge is 2.11. The SMILES string of the molecule is COc1ccc(-c2cc3cc(Br)cc(OC)c3o2)cc1. The lowest BCUT2D eigenvalue weighted by Gasteiger charge is -2.01. The van der Waals surface area contributed by atoms with Gasteiger partial charge in [0.25, 0.3) is 0 Å². The van der Waals surface area contributed by atoms with Crippen LogP contribution in [0.15, 0.2) is 51.4 Å². The van der Waals surface area contributed by atoms with E-state index < -0.39 is 0 Å². The van der Waals surface area contributed by atoms with Crippen LogP contribution in [-0.2, 0) is 0 Å². The van der Waals surface area contributed by atoms with Crippen LogP contribution in [0.1, 0.15) is 0 Å². The third kappa shape index (κ3) is 2.27. The fraction of sp³-hybridized carbons (Fsp3) is 0.125. The number of hydrogen-bond acceptors (Lipinski definition) is 3. The van der Waals surface area contributed by atoms with Crippen LogP contribution in [0.25, 0.3) is 22.3 Å². The van der Waals surface area contributed by atoms with Crippen molar-refractivity contribution in [1.29, 1.82) is 0 Å². The zero-order valence-electron chi connectivity index (χ0n) is 11.1. The zero-order valence-corrected chi connectivity index (χ0v) is 12.7. The molecule has 0 amide bonds. The molecule has 0 aliphatic heterocycles. The van der Waals surface area contributed by atoms with Gasteiger partial charge in [-0.05, 0) is 42.5 Å². The number of ether oxygens (including phenoxy) is 2. The summed E-state index contributed by atoms with van der Waals surface area (Å²) in [7, 11) is 3.29. The Bertz CT molecular complexity index is 744. The molecule has 0 atom stereocenters. The maximum Gasteiger partial charge on any atom is 0.176 e. The number of hydrogen-bond donors (Lipinski definition) is 0. The van der Waals surface area contributed by atoms with Gasteiger partial charge in [-0.15, -0.1) is 0 Å². The first-order valence-corrected chi connectivity index (χ1v) is 6.92. The average molecular weight is 333 g/mol. The normalized spacial score (nSPS) is 10.8. The molecule has 0 aliphatic rings. The highest BCUT2D eigenvalue weighted by atomic mass is 79.9. The van der Waals surface area contributed by atoms with Gasteiger partial charge >= 0.3 is 0 Å². The Morgan fingerprint density at radius 2 is 1.70 bits per heavy atom. The molecule has 20 heavy (non-hydrogen) atoms. The first-order chi connectivity index (χ1) is 9.71. The number of halogens is 1. The van der Waals surface area contributed by atoms with E-state index in [1.165, 1.54) is 0 Å². The van der Waals surface area contributed by atoms with Crippen molar-refractivity contribution in [3.05, 3.63) is 46.9 Å². The summed E-state index contributed by atoms with van der Waals surface area (Å²) in [6, 6.07) is 13.7. The average Bonchev–Trinajstić information content (AvgIpc) is 2.90. The van der Waals surface area contributed by atoms with E-state index in [1.807, 2.05) is 42.5 Å². The van der Waals surface area contributed by atoms with E-state index >= 15 is 0 Å². The van der Waals surface area contributed by atoms with Crippen molar-refractivity contribution in [3.63, 3.8) is 0 Å². The summed E-state index contributed by atoms with van der Waals surface area (Å²) in [6.45, 7) is 0. The number of methoxy groups -OCH3 is 2. The Morgan fingerprint density at radius 1 is 0.950 bits per heavy atom. The Kier molecular flexibility index (Phi) is 3.40. The summed E-state index contributed by atoms with van der Waals surface area (Å²) in [4.78, 5) is 0. The van der Waals surface area contributed by atoms with Crippen molar-refractivity contribution in [3.8, 4) is 22.8 Å². The molecule has 0 fully saturated rings. The first-order valence-electron chi connectivity index (χ1n) is 6.13. The summed E-state index contributed by atoms with van der Waals surface area (Å²) in [5.74, 6) is 2.35. The molecular weight excluding hydrogens is 320 g/mol. The van der Waals surface area contributed by atoms with Crippen molar-refractivity contribution in [2.24, 2.45) is 0 Å². The highest BCUT2D eigenvalue weighted by Crippen LogP contribution is 2.36. The second-order valence-corrected chi connectivity index (χ2v) is 5.28. The summed E-state index contributed by atoms with van der Waals surface area (Å²) in [6.07, 6.45) is 0. The van der Waals surface area contributed by atoms with Gasteiger partial charge in [-0.2, -0.15) is 0 Å². The van der Waals surface area contributed by atoms with E-state index in [0.717, 1.165) is 32.5 Å². The molecule has 0 saturated heterocycles. The monoisotopic (exact) mass is 332 g/mol. The maximum absolute atomic E-state index is 5.92. The van der Waals surface area contributed by atoms with Crippen molar-refractivity contribution in [2.45, 2.75) is 0 Å². The van der Waals surface area contributed by atoms with E-state index in [9.17, 15) is 0 Å². The first kappa shape index (κ1) is 13.1. The summed E-state index contributed by atoms with van der Waals surface area (Å²) < 4.78 is 17.4. The molecule has 0 unspecified atom stereocenters. The van der Waals surface area contributed by atoms with Gasteiger partial charge in [-0.3, -0.25) is 0 Å². The second-order valence-electron chi connectivity index (χ2n) is 4.37. The van der Waals surface area contributed by atoms with Crippen LogP contribution in [0.4, 0.5) is 0 Å². The fourth-order valence-electron chi connectivity index (χ4n) is 2.14. The molecular formula is C16H13BrO3. The fourth-order valence-corrected chi connectivity index (χ4v) is 2.59.